The summed E-state index contributed by atoms with van der Waals surface area (Å²) in [6.07, 6.45) is 1.71. The van der Waals surface area contributed by atoms with Crippen LogP contribution in [0.15, 0.2) is 53.7 Å². The molecule has 2 aromatic rings. The molecule has 0 aliphatic carbocycles. The highest BCUT2D eigenvalue weighted by Gasteiger charge is 2.34. The second-order valence-corrected chi connectivity index (χ2v) is 7.96. The van der Waals surface area contributed by atoms with Crippen molar-refractivity contribution in [3.8, 4) is 0 Å². The Morgan fingerprint density at radius 1 is 1.25 bits per heavy atom. The van der Waals surface area contributed by atoms with Crippen molar-refractivity contribution in [2.75, 3.05) is 16.8 Å². The fourth-order valence-corrected chi connectivity index (χ4v) is 3.34. The fraction of sp³-hybridized carbons (Fsp3) is 0.278. The Kier molecular flexibility index (Phi) is 4.57. The van der Waals surface area contributed by atoms with Crippen LogP contribution in [-0.4, -0.2) is 27.5 Å². The summed E-state index contributed by atoms with van der Waals surface area (Å²) < 4.78 is -0.0234. The van der Waals surface area contributed by atoms with E-state index in [4.69, 9.17) is 0 Å². The van der Waals surface area contributed by atoms with Gasteiger partial charge in [0.1, 0.15) is 5.82 Å². The minimum Gasteiger partial charge on any atom is -0.307 e. The number of carbonyl (C=O) groups excluding carboxylic acids is 1. The number of anilines is 2. The van der Waals surface area contributed by atoms with E-state index in [-0.39, 0.29) is 10.8 Å². The molecule has 0 saturated carbocycles. The van der Waals surface area contributed by atoms with Crippen LogP contribution >= 0.6 is 11.8 Å². The minimum atomic E-state index is -0.261. The number of hydrogen-bond donors (Lipinski definition) is 1. The van der Waals surface area contributed by atoms with Crippen molar-refractivity contribution in [2.24, 2.45) is 4.99 Å². The van der Waals surface area contributed by atoms with Gasteiger partial charge in [-0.2, -0.15) is 0 Å². The predicted octanol–water partition coefficient (Wildman–Crippen LogP) is 4.31. The summed E-state index contributed by atoms with van der Waals surface area (Å²) in [5, 5.41) is 3.59. The van der Waals surface area contributed by atoms with E-state index in [0.29, 0.717) is 17.5 Å². The first-order valence-corrected chi connectivity index (χ1v) is 8.58. The molecule has 2 amide bonds. The van der Waals surface area contributed by atoms with E-state index >= 15 is 0 Å². The summed E-state index contributed by atoms with van der Waals surface area (Å²) in [4.78, 5) is 23.4. The molecule has 6 heteroatoms. The van der Waals surface area contributed by atoms with Crippen LogP contribution < -0.4 is 10.2 Å². The first kappa shape index (κ1) is 16.5. The number of pyridine rings is 1. The number of aryl methyl sites for hydroxylation is 1. The van der Waals surface area contributed by atoms with Crippen LogP contribution in [0.4, 0.5) is 16.3 Å². The van der Waals surface area contributed by atoms with Crippen LogP contribution in [0.25, 0.3) is 0 Å². The number of thioether (sulfide) groups is 1. The summed E-state index contributed by atoms with van der Waals surface area (Å²) in [5.41, 5.74) is 1.78. The van der Waals surface area contributed by atoms with Crippen LogP contribution in [0.3, 0.4) is 0 Å². The van der Waals surface area contributed by atoms with E-state index < -0.39 is 0 Å². The average Bonchev–Trinajstić information content (AvgIpc) is 2.88. The van der Waals surface area contributed by atoms with Crippen molar-refractivity contribution >= 4 is 34.5 Å². The molecular formula is C18H20N4OS. The second kappa shape index (κ2) is 6.65. The first-order valence-electron chi connectivity index (χ1n) is 7.77. The molecule has 0 saturated heterocycles. The van der Waals surface area contributed by atoms with Gasteiger partial charge in [0, 0.05) is 16.6 Å². The number of aromatic nitrogens is 1. The van der Waals surface area contributed by atoms with E-state index in [2.05, 4.69) is 29.1 Å². The van der Waals surface area contributed by atoms with Crippen molar-refractivity contribution in [2.45, 2.75) is 25.5 Å². The summed E-state index contributed by atoms with van der Waals surface area (Å²) in [6, 6.07) is 12.9. The molecule has 124 valence electrons. The molecule has 0 radical (unpaired) electrons. The molecule has 1 aliphatic rings. The van der Waals surface area contributed by atoms with Crippen LogP contribution in [-0.2, 0) is 0 Å². The zero-order valence-electron chi connectivity index (χ0n) is 14.0. The number of rotatable bonds is 2. The number of nitrogens with one attached hydrogen (secondary N) is 1. The molecule has 1 aromatic heterocycles. The lowest BCUT2D eigenvalue weighted by atomic mass is 10.2. The molecule has 0 unspecified atom stereocenters. The number of amidine groups is 1. The smallest absolute Gasteiger partial charge is 0.307 e. The third-order valence-corrected chi connectivity index (χ3v) is 4.69. The largest absolute Gasteiger partial charge is 0.333 e. The van der Waals surface area contributed by atoms with Crippen molar-refractivity contribution in [1.29, 1.82) is 0 Å². The van der Waals surface area contributed by atoms with Crippen LogP contribution in [0.1, 0.15) is 19.4 Å². The third kappa shape index (κ3) is 3.76. The Labute approximate surface area is 146 Å². The van der Waals surface area contributed by atoms with Gasteiger partial charge in [0.2, 0.25) is 0 Å². The topological polar surface area (TPSA) is 57.6 Å². The summed E-state index contributed by atoms with van der Waals surface area (Å²) in [6.45, 7) is 6.89. The Bertz CT molecular complexity index is 774. The molecule has 0 fully saturated rings. The van der Waals surface area contributed by atoms with Crippen LogP contribution in [0.5, 0.6) is 0 Å². The van der Waals surface area contributed by atoms with Gasteiger partial charge < -0.3 is 5.32 Å². The lowest BCUT2D eigenvalue weighted by Crippen LogP contribution is -2.39. The highest BCUT2D eigenvalue weighted by atomic mass is 32.2. The average molecular weight is 340 g/mol. The minimum absolute atomic E-state index is 0.0234. The van der Waals surface area contributed by atoms with Gasteiger partial charge >= 0.3 is 6.03 Å². The van der Waals surface area contributed by atoms with E-state index in [9.17, 15) is 4.79 Å². The van der Waals surface area contributed by atoms with Crippen molar-refractivity contribution in [3.63, 3.8) is 0 Å². The van der Waals surface area contributed by atoms with Crippen LogP contribution in [0, 0.1) is 6.92 Å². The Morgan fingerprint density at radius 3 is 2.62 bits per heavy atom. The lowest BCUT2D eigenvalue weighted by molar-refractivity contribution is 0.259. The van der Waals surface area contributed by atoms with Gasteiger partial charge in [-0.1, -0.05) is 30.0 Å². The van der Waals surface area contributed by atoms with Crippen molar-refractivity contribution in [1.82, 2.24) is 4.98 Å². The number of hydrogen-bond acceptors (Lipinski definition) is 4. The molecule has 3 rings (SSSR count). The molecule has 24 heavy (non-hydrogen) atoms. The Balaban J connectivity index is 1.92. The highest BCUT2D eigenvalue weighted by molar-refractivity contribution is 8.15. The second-order valence-electron chi connectivity index (χ2n) is 6.28. The zero-order chi connectivity index (χ0) is 17.2. The number of carbonyl (C=O) groups is 1. The number of nitrogens with zero attached hydrogens (tertiary/aromatic N) is 3. The van der Waals surface area contributed by atoms with Gasteiger partial charge in [-0.15, -0.1) is 0 Å². The van der Waals surface area contributed by atoms with Gasteiger partial charge in [-0.25, -0.2) is 14.7 Å². The number of amides is 2. The summed E-state index contributed by atoms with van der Waals surface area (Å²) in [5.74, 6) is 0.576. The monoisotopic (exact) mass is 340 g/mol. The van der Waals surface area contributed by atoms with E-state index in [1.54, 1.807) is 22.9 Å². The molecule has 1 aromatic carbocycles. The highest BCUT2D eigenvalue weighted by Crippen LogP contribution is 2.35. The maximum Gasteiger partial charge on any atom is 0.333 e. The molecule has 2 heterocycles. The number of benzene rings is 1. The molecule has 5 nitrogen and oxygen atoms in total. The molecule has 0 spiro atoms. The standard InChI is InChI=1S/C18H20N4OS/c1-13-9-10-19-15(11-13)22(17-20-12-18(2,3)24-17)16(23)21-14-7-5-4-6-8-14/h4-11H,12H2,1-3H3,(H,21,23). The SMILES string of the molecule is Cc1ccnc(N(C(=O)Nc2ccccc2)C2=NCC(C)(C)S2)c1. The zero-order valence-corrected chi connectivity index (χ0v) is 14.8. The van der Waals surface area contributed by atoms with Crippen LogP contribution in [0.2, 0.25) is 0 Å². The first-order chi connectivity index (χ1) is 11.4. The maximum absolute atomic E-state index is 12.9. The lowest BCUT2D eigenvalue weighted by Gasteiger charge is -2.23. The Hall–Kier alpha value is -2.34. The molecular weight excluding hydrogens is 320 g/mol. The summed E-state index contributed by atoms with van der Waals surface area (Å²) >= 11 is 1.59. The number of urea groups is 1. The fourth-order valence-electron chi connectivity index (χ4n) is 2.32. The van der Waals surface area contributed by atoms with E-state index in [1.165, 1.54) is 0 Å². The normalized spacial score (nSPS) is 15.7. The third-order valence-electron chi connectivity index (χ3n) is 3.51. The molecule has 0 atom stereocenters. The Morgan fingerprint density at radius 2 is 2.00 bits per heavy atom. The maximum atomic E-state index is 12.9. The number of para-hydroxylation sites is 1. The quantitative estimate of drug-likeness (QED) is 0.886. The van der Waals surface area contributed by atoms with Crippen molar-refractivity contribution in [3.05, 3.63) is 54.2 Å². The number of aliphatic imine (C=N–C) groups is 1. The van der Waals surface area contributed by atoms with E-state index in [1.807, 2.05) is 49.4 Å². The van der Waals surface area contributed by atoms with E-state index in [0.717, 1.165) is 11.3 Å². The van der Waals surface area contributed by atoms with Crippen molar-refractivity contribution < 1.29 is 4.79 Å². The van der Waals surface area contributed by atoms with Gasteiger partial charge in [-0.05, 0) is 50.6 Å². The van der Waals surface area contributed by atoms with Gasteiger partial charge in [0.15, 0.2) is 5.17 Å². The molecule has 1 N–H and O–H groups in total. The summed E-state index contributed by atoms with van der Waals surface area (Å²) in [7, 11) is 0. The van der Waals surface area contributed by atoms with Gasteiger partial charge in [-0.3, -0.25) is 4.99 Å². The van der Waals surface area contributed by atoms with Gasteiger partial charge in [0.25, 0.3) is 0 Å². The predicted molar refractivity (Wildman–Crippen MR) is 101 cm³/mol. The molecule has 0 bridgehead atoms. The van der Waals surface area contributed by atoms with Gasteiger partial charge in [0.05, 0.1) is 6.54 Å². The molecule has 1 aliphatic heterocycles.